The van der Waals surface area contributed by atoms with Crippen molar-refractivity contribution < 1.29 is 19.5 Å². The zero-order valence-electron chi connectivity index (χ0n) is 13.8. The number of ether oxygens (including phenoxy) is 2. The average molecular weight is 339 g/mol. The highest BCUT2D eigenvalue weighted by molar-refractivity contribution is 5.99. The normalized spacial score (nSPS) is 10.4. The largest absolute Gasteiger partial charge is 0.493 e. The first-order valence-electron chi connectivity index (χ1n) is 7.50. The monoisotopic (exact) mass is 339 g/mol. The molecule has 0 unspecified atom stereocenters. The van der Waals surface area contributed by atoms with Crippen LogP contribution in [0.25, 0.3) is 16.9 Å². The minimum atomic E-state index is -0.646. The van der Waals surface area contributed by atoms with Gasteiger partial charge in [0.1, 0.15) is 5.69 Å². The Labute approximate surface area is 144 Å². The van der Waals surface area contributed by atoms with E-state index in [1.807, 2.05) is 30.3 Å². The highest BCUT2D eigenvalue weighted by Gasteiger charge is 2.19. The summed E-state index contributed by atoms with van der Waals surface area (Å²) >= 11 is 0. The van der Waals surface area contributed by atoms with Crippen LogP contribution in [0.15, 0.2) is 54.7 Å². The standard InChI is InChI=1S/C18H17N3O4/c1-24-15-9-8-12(10-16(15)25-2)17-14(18(22)20-23)11-21(19-17)13-6-4-3-5-7-13/h3-11,23H,1-2H3,(H,20,22). The molecular weight excluding hydrogens is 322 g/mol. The molecular formula is C18H17N3O4. The minimum Gasteiger partial charge on any atom is -0.493 e. The number of benzene rings is 2. The van der Waals surface area contributed by atoms with Gasteiger partial charge in [-0.3, -0.25) is 10.0 Å². The number of hydroxylamine groups is 1. The van der Waals surface area contributed by atoms with Crippen LogP contribution >= 0.6 is 0 Å². The Balaban J connectivity index is 2.14. The lowest BCUT2D eigenvalue weighted by Crippen LogP contribution is -2.18. The molecule has 3 aromatic rings. The Kier molecular flexibility index (Phi) is 4.67. The lowest BCUT2D eigenvalue weighted by atomic mass is 10.1. The first-order chi connectivity index (χ1) is 12.2. The number of nitrogens with one attached hydrogen (secondary N) is 1. The number of amides is 1. The number of carbonyl (C=O) groups is 1. The van der Waals surface area contributed by atoms with E-state index in [0.29, 0.717) is 22.8 Å². The maximum Gasteiger partial charge on any atom is 0.278 e. The second kappa shape index (κ2) is 7.06. The maximum absolute atomic E-state index is 12.1. The number of hydrogen-bond donors (Lipinski definition) is 2. The summed E-state index contributed by atoms with van der Waals surface area (Å²) in [6, 6.07) is 14.6. The third kappa shape index (κ3) is 3.17. The molecule has 0 aliphatic rings. The van der Waals surface area contributed by atoms with Crippen LogP contribution in [0.1, 0.15) is 10.4 Å². The highest BCUT2D eigenvalue weighted by Crippen LogP contribution is 2.33. The van der Waals surface area contributed by atoms with Gasteiger partial charge in [0.2, 0.25) is 0 Å². The molecule has 0 aliphatic carbocycles. The first-order valence-corrected chi connectivity index (χ1v) is 7.50. The lowest BCUT2D eigenvalue weighted by molar-refractivity contribution is 0.0707. The molecule has 0 bridgehead atoms. The van der Waals surface area contributed by atoms with Gasteiger partial charge in [0.05, 0.1) is 25.5 Å². The summed E-state index contributed by atoms with van der Waals surface area (Å²) < 4.78 is 12.1. The second-order valence-corrected chi connectivity index (χ2v) is 5.18. The number of para-hydroxylation sites is 1. The van der Waals surface area contributed by atoms with E-state index in [2.05, 4.69) is 5.10 Å². The number of nitrogens with zero attached hydrogens (tertiary/aromatic N) is 2. The first kappa shape index (κ1) is 16.5. The summed E-state index contributed by atoms with van der Waals surface area (Å²) in [5, 5.41) is 13.5. The molecule has 0 spiro atoms. The van der Waals surface area contributed by atoms with Gasteiger partial charge in [0.25, 0.3) is 5.91 Å². The van der Waals surface area contributed by atoms with Gasteiger partial charge in [-0.25, -0.2) is 10.2 Å². The predicted octanol–water partition coefficient (Wildman–Crippen LogP) is 2.68. The van der Waals surface area contributed by atoms with E-state index in [-0.39, 0.29) is 5.56 Å². The number of carbonyl (C=O) groups excluding carboxylic acids is 1. The van der Waals surface area contributed by atoms with E-state index in [4.69, 9.17) is 14.7 Å². The van der Waals surface area contributed by atoms with Crippen LogP contribution in [-0.4, -0.2) is 35.1 Å². The van der Waals surface area contributed by atoms with Crippen molar-refractivity contribution in [3.05, 3.63) is 60.3 Å². The molecule has 25 heavy (non-hydrogen) atoms. The maximum atomic E-state index is 12.1. The van der Waals surface area contributed by atoms with Crippen LogP contribution in [0, 0.1) is 0 Å². The Hall–Kier alpha value is -3.32. The molecule has 3 rings (SSSR count). The Bertz CT molecular complexity index is 891. The summed E-state index contributed by atoms with van der Waals surface area (Å²) in [6.45, 7) is 0. The number of rotatable bonds is 5. The molecule has 1 amide bonds. The van der Waals surface area contributed by atoms with E-state index in [0.717, 1.165) is 5.69 Å². The molecule has 7 nitrogen and oxygen atoms in total. The van der Waals surface area contributed by atoms with E-state index in [1.54, 1.807) is 41.7 Å². The minimum absolute atomic E-state index is 0.235. The number of methoxy groups -OCH3 is 2. The van der Waals surface area contributed by atoms with E-state index in [9.17, 15) is 4.79 Å². The molecule has 1 heterocycles. The zero-order chi connectivity index (χ0) is 17.8. The van der Waals surface area contributed by atoms with Crippen LogP contribution in [0.3, 0.4) is 0 Å². The van der Waals surface area contributed by atoms with Crippen molar-refractivity contribution in [2.45, 2.75) is 0 Å². The summed E-state index contributed by atoms with van der Waals surface area (Å²) in [5.74, 6) is 0.443. The topological polar surface area (TPSA) is 85.6 Å². The van der Waals surface area contributed by atoms with Gasteiger partial charge in [-0.15, -0.1) is 0 Å². The Morgan fingerprint density at radius 2 is 1.80 bits per heavy atom. The van der Waals surface area contributed by atoms with E-state index < -0.39 is 5.91 Å². The van der Waals surface area contributed by atoms with Gasteiger partial charge in [-0.1, -0.05) is 18.2 Å². The molecule has 128 valence electrons. The van der Waals surface area contributed by atoms with Crippen LogP contribution in [0.4, 0.5) is 0 Å². The molecule has 0 saturated heterocycles. The third-order valence-corrected chi connectivity index (χ3v) is 3.74. The summed E-state index contributed by atoms with van der Waals surface area (Å²) in [5.41, 5.74) is 3.76. The van der Waals surface area contributed by atoms with Crippen molar-refractivity contribution in [2.75, 3.05) is 14.2 Å². The molecule has 0 aliphatic heterocycles. The van der Waals surface area contributed by atoms with E-state index >= 15 is 0 Å². The van der Waals surface area contributed by atoms with Gasteiger partial charge in [0.15, 0.2) is 11.5 Å². The van der Waals surface area contributed by atoms with Crippen molar-refractivity contribution in [1.29, 1.82) is 0 Å². The molecule has 0 atom stereocenters. The number of hydrogen-bond acceptors (Lipinski definition) is 5. The van der Waals surface area contributed by atoms with Crippen molar-refractivity contribution in [3.63, 3.8) is 0 Å². The fraction of sp³-hybridized carbons (Fsp3) is 0.111. The third-order valence-electron chi connectivity index (χ3n) is 3.74. The molecule has 0 saturated carbocycles. The fourth-order valence-electron chi connectivity index (χ4n) is 2.51. The molecule has 2 aromatic carbocycles. The molecule has 1 aromatic heterocycles. The van der Waals surface area contributed by atoms with Crippen LogP contribution in [-0.2, 0) is 0 Å². The van der Waals surface area contributed by atoms with Gasteiger partial charge < -0.3 is 9.47 Å². The summed E-state index contributed by atoms with van der Waals surface area (Å²) in [7, 11) is 3.08. The second-order valence-electron chi connectivity index (χ2n) is 5.18. The fourth-order valence-corrected chi connectivity index (χ4v) is 2.51. The van der Waals surface area contributed by atoms with Gasteiger partial charge >= 0.3 is 0 Å². The predicted molar refractivity (Wildman–Crippen MR) is 91.4 cm³/mol. The van der Waals surface area contributed by atoms with Crippen LogP contribution in [0.2, 0.25) is 0 Å². The Morgan fingerprint density at radius 1 is 1.08 bits per heavy atom. The number of aromatic nitrogens is 2. The lowest BCUT2D eigenvalue weighted by Gasteiger charge is -2.09. The molecule has 2 N–H and O–H groups in total. The van der Waals surface area contributed by atoms with Crippen molar-refractivity contribution in [2.24, 2.45) is 0 Å². The SMILES string of the molecule is COc1ccc(-c2nn(-c3ccccc3)cc2C(=O)NO)cc1OC. The highest BCUT2D eigenvalue weighted by atomic mass is 16.5. The zero-order valence-corrected chi connectivity index (χ0v) is 13.8. The summed E-state index contributed by atoms with van der Waals surface area (Å²) in [6.07, 6.45) is 1.56. The van der Waals surface area contributed by atoms with Gasteiger partial charge in [-0.2, -0.15) is 5.10 Å². The smallest absolute Gasteiger partial charge is 0.278 e. The van der Waals surface area contributed by atoms with Crippen LogP contribution in [0.5, 0.6) is 11.5 Å². The van der Waals surface area contributed by atoms with Crippen LogP contribution < -0.4 is 15.0 Å². The van der Waals surface area contributed by atoms with Crippen molar-refractivity contribution in [3.8, 4) is 28.4 Å². The molecule has 0 fully saturated rings. The van der Waals surface area contributed by atoms with Gasteiger partial charge in [-0.05, 0) is 30.3 Å². The average Bonchev–Trinajstić information content (AvgIpc) is 3.13. The van der Waals surface area contributed by atoms with E-state index in [1.165, 1.54) is 7.11 Å². The molecule has 0 radical (unpaired) electrons. The summed E-state index contributed by atoms with van der Waals surface area (Å²) in [4.78, 5) is 12.1. The van der Waals surface area contributed by atoms with Crippen molar-refractivity contribution >= 4 is 5.91 Å². The van der Waals surface area contributed by atoms with Crippen molar-refractivity contribution in [1.82, 2.24) is 15.3 Å². The molecule has 7 heteroatoms. The van der Waals surface area contributed by atoms with Gasteiger partial charge in [0, 0.05) is 11.8 Å². The quantitative estimate of drug-likeness (QED) is 0.551. The Morgan fingerprint density at radius 3 is 2.44 bits per heavy atom.